The van der Waals surface area contributed by atoms with Crippen molar-refractivity contribution in [3.8, 4) is 11.5 Å². The zero-order valence-corrected chi connectivity index (χ0v) is 12.7. The predicted octanol–water partition coefficient (Wildman–Crippen LogP) is 2.16. The van der Waals surface area contributed by atoms with Crippen molar-refractivity contribution in [2.24, 2.45) is 5.73 Å². The summed E-state index contributed by atoms with van der Waals surface area (Å²) in [4.78, 5) is 5.02. The van der Waals surface area contributed by atoms with Crippen LogP contribution in [0.15, 0.2) is 24.3 Å². The van der Waals surface area contributed by atoms with Crippen LogP contribution in [0.1, 0.15) is 15.6 Å². The van der Waals surface area contributed by atoms with Crippen LogP contribution in [0.2, 0.25) is 0 Å². The highest BCUT2D eigenvalue weighted by molar-refractivity contribution is 7.13. The van der Waals surface area contributed by atoms with E-state index in [9.17, 15) is 0 Å². The van der Waals surface area contributed by atoms with E-state index in [2.05, 4.69) is 4.98 Å². The lowest BCUT2D eigenvalue weighted by Crippen LogP contribution is -2.11. The molecule has 1 aromatic carbocycles. The Labute approximate surface area is 127 Å². The van der Waals surface area contributed by atoms with Gasteiger partial charge in [-0.2, -0.15) is 0 Å². The first-order valence-electron chi connectivity index (χ1n) is 6.22. The smallest absolute Gasteiger partial charge is 0.140 e. The monoisotopic (exact) mass is 307 g/mol. The van der Waals surface area contributed by atoms with Crippen LogP contribution in [0.4, 0.5) is 0 Å². The minimum absolute atomic E-state index is 0.00724. The van der Waals surface area contributed by atoms with E-state index in [4.69, 9.17) is 25.4 Å². The van der Waals surface area contributed by atoms with Crippen molar-refractivity contribution in [2.75, 3.05) is 14.2 Å². The number of aromatic nitrogens is 1. The van der Waals surface area contributed by atoms with Gasteiger partial charge in [-0.05, 0) is 12.1 Å². The summed E-state index contributed by atoms with van der Waals surface area (Å²) in [6, 6.07) is 7.35. The van der Waals surface area contributed by atoms with E-state index < -0.39 is 0 Å². The number of hydrogen-bond donors (Lipinski definition) is 2. The third-order valence-corrected chi connectivity index (χ3v) is 3.78. The lowest BCUT2D eigenvalue weighted by atomic mass is 10.3. The SMILES string of the molecule is COCc1nc(COc2cccc(OC)c2)sc1C(=N)N. The Kier molecular flexibility index (Phi) is 5.13. The molecule has 0 aliphatic heterocycles. The normalized spacial score (nSPS) is 10.4. The summed E-state index contributed by atoms with van der Waals surface area (Å²) in [6.45, 7) is 0.631. The Morgan fingerprint density at radius 3 is 2.71 bits per heavy atom. The molecule has 6 nitrogen and oxygen atoms in total. The zero-order chi connectivity index (χ0) is 15.2. The quantitative estimate of drug-likeness (QED) is 0.604. The Hall–Kier alpha value is -2.12. The van der Waals surface area contributed by atoms with E-state index in [0.29, 0.717) is 29.5 Å². The summed E-state index contributed by atoms with van der Waals surface area (Å²) in [5.74, 6) is 1.42. The maximum absolute atomic E-state index is 7.55. The summed E-state index contributed by atoms with van der Waals surface area (Å²) >= 11 is 1.34. The average molecular weight is 307 g/mol. The predicted molar refractivity (Wildman–Crippen MR) is 81.2 cm³/mol. The van der Waals surface area contributed by atoms with Gasteiger partial charge in [-0.3, -0.25) is 5.41 Å². The topological polar surface area (TPSA) is 90.5 Å². The summed E-state index contributed by atoms with van der Waals surface area (Å²) in [5, 5.41) is 8.30. The molecule has 2 aromatic rings. The molecule has 0 bridgehead atoms. The summed E-state index contributed by atoms with van der Waals surface area (Å²) < 4.78 is 15.9. The third kappa shape index (κ3) is 3.93. The lowest BCUT2D eigenvalue weighted by Gasteiger charge is -2.05. The van der Waals surface area contributed by atoms with Crippen molar-refractivity contribution in [1.82, 2.24) is 4.98 Å². The van der Waals surface area contributed by atoms with E-state index in [-0.39, 0.29) is 5.84 Å². The van der Waals surface area contributed by atoms with Crippen LogP contribution >= 0.6 is 11.3 Å². The average Bonchev–Trinajstić information content (AvgIpc) is 2.89. The highest BCUT2D eigenvalue weighted by Gasteiger charge is 2.13. The fourth-order valence-electron chi connectivity index (χ4n) is 1.74. The molecule has 0 amide bonds. The van der Waals surface area contributed by atoms with Crippen molar-refractivity contribution >= 4 is 17.2 Å². The largest absolute Gasteiger partial charge is 0.497 e. The van der Waals surface area contributed by atoms with Crippen LogP contribution in [0.25, 0.3) is 0 Å². The number of nitrogen functional groups attached to an aromatic ring is 1. The van der Waals surface area contributed by atoms with E-state index in [1.54, 1.807) is 20.3 Å². The Morgan fingerprint density at radius 2 is 2.05 bits per heavy atom. The highest BCUT2D eigenvalue weighted by Crippen LogP contribution is 2.23. The van der Waals surface area contributed by atoms with Gasteiger partial charge in [0.2, 0.25) is 0 Å². The van der Waals surface area contributed by atoms with Crippen molar-refractivity contribution in [3.05, 3.63) is 39.8 Å². The Morgan fingerprint density at radius 1 is 1.29 bits per heavy atom. The molecule has 0 saturated heterocycles. The van der Waals surface area contributed by atoms with Crippen molar-refractivity contribution in [1.29, 1.82) is 5.41 Å². The molecule has 0 aliphatic carbocycles. The van der Waals surface area contributed by atoms with Crippen LogP contribution in [0, 0.1) is 5.41 Å². The molecular formula is C14H17N3O3S. The van der Waals surface area contributed by atoms with Gasteiger partial charge in [-0.1, -0.05) is 6.07 Å². The Bertz CT molecular complexity index is 628. The maximum Gasteiger partial charge on any atom is 0.140 e. The van der Waals surface area contributed by atoms with Gasteiger partial charge in [-0.25, -0.2) is 4.98 Å². The number of nitrogens with one attached hydrogen (secondary N) is 1. The molecule has 21 heavy (non-hydrogen) atoms. The van der Waals surface area contributed by atoms with Gasteiger partial charge in [0.1, 0.15) is 28.9 Å². The molecule has 2 rings (SSSR count). The first-order chi connectivity index (χ1) is 10.1. The molecule has 7 heteroatoms. The fraction of sp³-hybridized carbons (Fsp3) is 0.286. The number of methoxy groups -OCH3 is 2. The first kappa shape index (κ1) is 15.3. The molecule has 3 N–H and O–H groups in total. The molecule has 0 radical (unpaired) electrons. The number of nitrogens with two attached hydrogens (primary N) is 1. The molecule has 0 saturated carbocycles. The third-order valence-electron chi connectivity index (χ3n) is 2.67. The molecule has 1 heterocycles. The number of amidine groups is 1. The van der Waals surface area contributed by atoms with E-state index in [0.717, 1.165) is 10.8 Å². The van der Waals surface area contributed by atoms with Gasteiger partial charge >= 0.3 is 0 Å². The van der Waals surface area contributed by atoms with Crippen LogP contribution in [0.3, 0.4) is 0 Å². The minimum atomic E-state index is -0.00724. The van der Waals surface area contributed by atoms with Gasteiger partial charge in [0.25, 0.3) is 0 Å². The van der Waals surface area contributed by atoms with E-state index in [1.807, 2.05) is 18.2 Å². The second kappa shape index (κ2) is 7.05. The fourth-order valence-corrected chi connectivity index (χ4v) is 2.59. The van der Waals surface area contributed by atoms with E-state index >= 15 is 0 Å². The molecule has 0 fully saturated rings. The number of thiazole rings is 1. The van der Waals surface area contributed by atoms with Crippen LogP contribution in [0.5, 0.6) is 11.5 Å². The van der Waals surface area contributed by atoms with Crippen LogP contribution < -0.4 is 15.2 Å². The number of rotatable bonds is 7. The Balaban J connectivity index is 2.09. The highest BCUT2D eigenvalue weighted by atomic mass is 32.1. The van der Waals surface area contributed by atoms with Gasteiger partial charge < -0.3 is 19.9 Å². The van der Waals surface area contributed by atoms with Crippen LogP contribution in [-0.4, -0.2) is 25.0 Å². The van der Waals surface area contributed by atoms with Gasteiger partial charge in [0.15, 0.2) is 0 Å². The second-order valence-corrected chi connectivity index (χ2v) is 5.28. The number of ether oxygens (including phenoxy) is 3. The van der Waals surface area contributed by atoms with Gasteiger partial charge in [0.05, 0.1) is 24.3 Å². The van der Waals surface area contributed by atoms with Crippen molar-refractivity contribution < 1.29 is 14.2 Å². The molecule has 0 atom stereocenters. The molecule has 112 valence electrons. The van der Waals surface area contributed by atoms with Crippen molar-refractivity contribution in [3.63, 3.8) is 0 Å². The number of hydrogen-bond acceptors (Lipinski definition) is 6. The molecule has 0 spiro atoms. The summed E-state index contributed by atoms with van der Waals surface area (Å²) in [7, 11) is 3.19. The molecular weight excluding hydrogens is 290 g/mol. The zero-order valence-electron chi connectivity index (χ0n) is 11.9. The van der Waals surface area contributed by atoms with Gasteiger partial charge in [-0.15, -0.1) is 11.3 Å². The number of nitrogens with zero attached hydrogens (tertiary/aromatic N) is 1. The molecule has 0 aliphatic rings. The van der Waals surface area contributed by atoms with E-state index in [1.165, 1.54) is 11.3 Å². The first-order valence-corrected chi connectivity index (χ1v) is 7.04. The number of benzene rings is 1. The maximum atomic E-state index is 7.55. The minimum Gasteiger partial charge on any atom is -0.497 e. The van der Waals surface area contributed by atoms with Gasteiger partial charge in [0, 0.05) is 13.2 Å². The summed E-state index contributed by atoms with van der Waals surface area (Å²) in [6.07, 6.45) is 0. The molecule has 1 aromatic heterocycles. The summed E-state index contributed by atoms with van der Waals surface area (Å²) in [5.41, 5.74) is 6.21. The molecule has 0 unspecified atom stereocenters. The standard InChI is InChI=1S/C14H17N3O3S/c1-18-7-11-13(14(15)16)21-12(17-11)8-20-10-5-3-4-9(6-10)19-2/h3-6H,7-8H2,1-2H3,(H3,15,16). The van der Waals surface area contributed by atoms with Crippen molar-refractivity contribution in [2.45, 2.75) is 13.2 Å². The second-order valence-electron chi connectivity index (χ2n) is 4.20. The van der Waals surface area contributed by atoms with Crippen LogP contribution in [-0.2, 0) is 18.0 Å². The lowest BCUT2D eigenvalue weighted by molar-refractivity contribution is 0.181.